The molecule has 0 aromatic heterocycles. The zero-order chi connectivity index (χ0) is 12.1. The molecule has 1 atom stereocenters. The number of rotatable bonds is 11. The number of hydrogen-bond donors (Lipinski definition) is 1. The Kier molecular flexibility index (Phi) is 12.5. The molecule has 1 unspecified atom stereocenters. The lowest BCUT2D eigenvalue weighted by molar-refractivity contribution is 0.274. The number of aliphatic hydroxyl groups is 1. The average Bonchev–Trinajstić information content (AvgIpc) is 2.27. The molecule has 16 heavy (non-hydrogen) atoms. The summed E-state index contributed by atoms with van der Waals surface area (Å²) in [6.45, 7) is 4.73. The predicted molar refractivity (Wildman–Crippen MR) is 72.6 cm³/mol. The third-order valence-corrected chi connectivity index (χ3v) is 3.02. The summed E-state index contributed by atoms with van der Waals surface area (Å²) in [5.74, 6) is 0.537. The summed E-state index contributed by atoms with van der Waals surface area (Å²) in [5.41, 5.74) is 0. The molecule has 0 saturated carbocycles. The van der Waals surface area contributed by atoms with Crippen molar-refractivity contribution < 1.29 is 5.11 Å². The van der Waals surface area contributed by atoms with Crippen molar-refractivity contribution in [2.24, 2.45) is 5.92 Å². The second kappa shape index (κ2) is 12.8. The summed E-state index contributed by atoms with van der Waals surface area (Å²) < 4.78 is 0. The first kappa shape index (κ1) is 15.7. The van der Waals surface area contributed by atoms with Gasteiger partial charge in [0.2, 0.25) is 0 Å². The Morgan fingerprint density at radius 2 is 1.62 bits per heavy atom. The summed E-state index contributed by atoms with van der Waals surface area (Å²) in [6, 6.07) is 0. The molecule has 0 bridgehead atoms. The van der Waals surface area contributed by atoms with Crippen molar-refractivity contribution in [1.82, 2.24) is 0 Å². The molecule has 0 rings (SSSR count). The SMILES string of the molecule is CCCCCCCCCC=CC(C)CCO. The lowest BCUT2D eigenvalue weighted by Crippen LogP contribution is -1.92. The van der Waals surface area contributed by atoms with E-state index in [-0.39, 0.29) is 0 Å². The minimum atomic E-state index is 0.308. The molecule has 0 aliphatic rings. The van der Waals surface area contributed by atoms with Gasteiger partial charge in [-0.3, -0.25) is 0 Å². The first-order valence-electron chi connectivity index (χ1n) is 7.08. The Balaban J connectivity index is 3.14. The topological polar surface area (TPSA) is 20.2 Å². The van der Waals surface area contributed by atoms with E-state index in [9.17, 15) is 0 Å². The maximum absolute atomic E-state index is 8.75. The molecule has 0 spiro atoms. The highest BCUT2D eigenvalue weighted by atomic mass is 16.2. The van der Waals surface area contributed by atoms with Gasteiger partial charge in [-0.25, -0.2) is 0 Å². The highest BCUT2D eigenvalue weighted by Gasteiger charge is 1.94. The van der Waals surface area contributed by atoms with Crippen molar-refractivity contribution in [1.29, 1.82) is 0 Å². The van der Waals surface area contributed by atoms with E-state index in [1.807, 2.05) is 0 Å². The first-order chi connectivity index (χ1) is 7.81. The predicted octanol–water partition coefficient (Wildman–Crippen LogP) is 4.70. The van der Waals surface area contributed by atoms with Crippen LogP contribution in [0.5, 0.6) is 0 Å². The quantitative estimate of drug-likeness (QED) is 0.400. The second-order valence-corrected chi connectivity index (χ2v) is 4.83. The van der Waals surface area contributed by atoms with E-state index in [2.05, 4.69) is 26.0 Å². The van der Waals surface area contributed by atoms with Gasteiger partial charge in [-0.2, -0.15) is 0 Å². The molecule has 0 saturated heterocycles. The molecule has 0 heterocycles. The molecule has 1 N–H and O–H groups in total. The highest BCUT2D eigenvalue weighted by Crippen LogP contribution is 2.09. The number of hydrogen-bond acceptors (Lipinski definition) is 1. The Hall–Kier alpha value is -0.300. The molecule has 1 heteroatoms. The molecule has 0 aromatic rings. The van der Waals surface area contributed by atoms with Crippen LogP contribution in [-0.2, 0) is 0 Å². The van der Waals surface area contributed by atoms with Gasteiger partial charge >= 0.3 is 0 Å². The Morgan fingerprint density at radius 1 is 1.00 bits per heavy atom. The Labute approximate surface area is 102 Å². The molecule has 0 aromatic carbocycles. The van der Waals surface area contributed by atoms with Crippen molar-refractivity contribution >= 4 is 0 Å². The van der Waals surface area contributed by atoms with E-state index in [0.717, 1.165) is 6.42 Å². The van der Waals surface area contributed by atoms with E-state index >= 15 is 0 Å². The molecule has 0 fully saturated rings. The van der Waals surface area contributed by atoms with Crippen LogP contribution in [0.1, 0.15) is 71.6 Å². The van der Waals surface area contributed by atoms with Crippen LogP contribution >= 0.6 is 0 Å². The van der Waals surface area contributed by atoms with Gasteiger partial charge in [-0.1, -0.05) is 64.5 Å². The van der Waals surface area contributed by atoms with E-state index in [1.54, 1.807) is 0 Å². The zero-order valence-electron chi connectivity index (χ0n) is 11.3. The third kappa shape index (κ3) is 11.8. The lowest BCUT2D eigenvalue weighted by Gasteiger charge is -2.02. The molecule has 0 amide bonds. The minimum Gasteiger partial charge on any atom is -0.396 e. The van der Waals surface area contributed by atoms with Crippen molar-refractivity contribution in [3.63, 3.8) is 0 Å². The minimum absolute atomic E-state index is 0.308. The third-order valence-electron chi connectivity index (χ3n) is 3.02. The van der Waals surface area contributed by atoms with Crippen LogP contribution in [0, 0.1) is 5.92 Å². The first-order valence-corrected chi connectivity index (χ1v) is 7.08. The van der Waals surface area contributed by atoms with Gasteiger partial charge in [0.15, 0.2) is 0 Å². The normalized spacial score (nSPS) is 13.4. The molecular formula is C15H30O. The highest BCUT2D eigenvalue weighted by molar-refractivity contribution is 4.86. The lowest BCUT2D eigenvalue weighted by atomic mass is 10.1. The van der Waals surface area contributed by atoms with E-state index in [0.29, 0.717) is 12.5 Å². The Bertz CT molecular complexity index is 152. The summed E-state index contributed by atoms with van der Waals surface area (Å²) in [4.78, 5) is 0. The van der Waals surface area contributed by atoms with Crippen LogP contribution in [0.15, 0.2) is 12.2 Å². The van der Waals surface area contributed by atoms with E-state index in [1.165, 1.54) is 51.4 Å². The van der Waals surface area contributed by atoms with Gasteiger partial charge in [0.1, 0.15) is 0 Å². The monoisotopic (exact) mass is 226 g/mol. The maximum atomic E-state index is 8.75. The summed E-state index contributed by atoms with van der Waals surface area (Å²) in [6.07, 6.45) is 16.3. The number of allylic oxidation sites excluding steroid dienone is 2. The number of unbranched alkanes of at least 4 members (excludes halogenated alkanes) is 7. The molecule has 96 valence electrons. The van der Waals surface area contributed by atoms with Crippen LogP contribution in [-0.4, -0.2) is 11.7 Å². The summed E-state index contributed by atoms with van der Waals surface area (Å²) >= 11 is 0. The van der Waals surface area contributed by atoms with Gasteiger partial charge in [0, 0.05) is 6.61 Å². The second-order valence-electron chi connectivity index (χ2n) is 4.83. The molecule has 0 radical (unpaired) electrons. The maximum Gasteiger partial charge on any atom is 0.0436 e. The fourth-order valence-corrected chi connectivity index (χ4v) is 1.85. The van der Waals surface area contributed by atoms with Crippen molar-refractivity contribution in [3.8, 4) is 0 Å². The fourth-order valence-electron chi connectivity index (χ4n) is 1.85. The molecule has 0 aliphatic heterocycles. The summed E-state index contributed by atoms with van der Waals surface area (Å²) in [7, 11) is 0. The van der Waals surface area contributed by atoms with Crippen molar-refractivity contribution in [2.45, 2.75) is 71.6 Å². The van der Waals surface area contributed by atoms with Crippen LogP contribution in [0.3, 0.4) is 0 Å². The van der Waals surface area contributed by atoms with Crippen LogP contribution in [0.2, 0.25) is 0 Å². The molecular weight excluding hydrogens is 196 g/mol. The zero-order valence-corrected chi connectivity index (χ0v) is 11.3. The Morgan fingerprint density at radius 3 is 2.25 bits per heavy atom. The van der Waals surface area contributed by atoms with Gasteiger partial charge < -0.3 is 5.11 Å². The van der Waals surface area contributed by atoms with Gasteiger partial charge in [-0.05, 0) is 25.2 Å². The number of aliphatic hydroxyl groups excluding tert-OH is 1. The van der Waals surface area contributed by atoms with Crippen LogP contribution in [0.25, 0.3) is 0 Å². The van der Waals surface area contributed by atoms with Gasteiger partial charge in [0.25, 0.3) is 0 Å². The van der Waals surface area contributed by atoms with E-state index in [4.69, 9.17) is 5.11 Å². The largest absolute Gasteiger partial charge is 0.396 e. The average molecular weight is 226 g/mol. The fraction of sp³-hybridized carbons (Fsp3) is 0.867. The molecule has 0 aliphatic carbocycles. The van der Waals surface area contributed by atoms with Crippen molar-refractivity contribution in [3.05, 3.63) is 12.2 Å². The van der Waals surface area contributed by atoms with Crippen molar-refractivity contribution in [2.75, 3.05) is 6.61 Å². The van der Waals surface area contributed by atoms with Crippen LogP contribution in [0.4, 0.5) is 0 Å². The molecule has 1 nitrogen and oxygen atoms in total. The summed E-state index contributed by atoms with van der Waals surface area (Å²) in [5, 5.41) is 8.75. The standard InChI is InChI=1S/C15H30O/c1-3-4-5-6-7-8-9-10-11-12-15(2)13-14-16/h11-12,15-16H,3-10,13-14H2,1-2H3. The van der Waals surface area contributed by atoms with Gasteiger partial charge in [-0.15, -0.1) is 0 Å². The van der Waals surface area contributed by atoms with Crippen LogP contribution < -0.4 is 0 Å². The van der Waals surface area contributed by atoms with Gasteiger partial charge in [0.05, 0.1) is 0 Å². The smallest absolute Gasteiger partial charge is 0.0436 e. The van der Waals surface area contributed by atoms with E-state index < -0.39 is 0 Å².